The molecule has 0 saturated carbocycles. The number of rotatable bonds is 2. The summed E-state index contributed by atoms with van der Waals surface area (Å²) in [7, 11) is 0. The molecule has 0 spiro atoms. The van der Waals surface area contributed by atoms with Gasteiger partial charge in [-0.3, -0.25) is 4.79 Å². The highest BCUT2D eigenvalue weighted by Crippen LogP contribution is 2.28. The molecular weight excluding hydrogens is 332 g/mol. The molecule has 0 radical (unpaired) electrons. The quantitative estimate of drug-likeness (QED) is 0.405. The van der Waals surface area contributed by atoms with Crippen LogP contribution in [0.4, 0.5) is 0 Å². The summed E-state index contributed by atoms with van der Waals surface area (Å²) in [6, 6.07) is 27.4. The van der Waals surface area contributed by atoms with E-state index >= 15 is 0 Å². The monoisotopic (exact) mass is 346 g/mol. The van der Waals surface area contributed by atoms with E-state index in [0.717, 1.165) is 27.1 Å². The number of hydrogen-bond acceptors (Lipinski definition) is 2. The molecule has 3 nitrogen and oxygen atoms in total. The Morgan fingerprint density at radius 1 is 0.815 bits per heavy atom. The van der Waals surface area contributed by atoms with Gasteiger partial charge in [0.2, 0.25) is 5.78 Å². The Balaban J connectivity index is 1.82. The van der Waals surface area contributed by atoms with Crippen LogP contribution in [0.1, 0.15) is 21.6 Å². The summed E-state index contributed by atoms with van der Waals surface area (Å²) in [5.74, 6) is -0.0846. The topological polar surface area (TPSA) is 45.3 Å². The van der Waals surface area contributed by atoms with Gasteiger partial charge in [-0.1, -0.05) is 66.7 Å². The minimum Gasteiger partial charge on any atom is -0.312 e. The van der Waals surface area contributed by atoms with E-state index < -0.39 is 0 Å². The van der Waals surface area contributed by atoms with Gasteiger partial charge in [-0.25, -0.2) is 0 Å². The van der Waals surface area contributed by atoms with Crippen LogP contribution in [0.3, 0.4) is 0 Å². The number of fused-ring (bicyclic) bond motifs is 4. The zero-order valence-electron chi connectivity index (χ0n) is 14.4. The summed E-state index contributed by atoms with van der Waals surface area (Å²) < 4.78 is 1.84. The van der Waals surface area contributed by atoms with Crippen LogP contribution in [0.5, 0.6) is 0 Å². The first-order valence-electron chi connectivity index (χ1n) is 8.73. The summed E-state index contributed by atoms with van der Waals surface area (Å²) in [5, 5.41) is 13.6. The minimum atomic E-state index is -0.0846. The SMILES string of the molecule is N#Cc1cc(C(=O)c2cccc3ccccc23)n2ccc3ccccc3c12. The van der Waals surface area contributed by atoms with Crippen molar-refractivity contribution < 1.29 is 4.79 Å². The lowest BCUT2D eigenvalue weighted by molar-refractivity contribution is 0.103. The molecule has 27 heavy (non-hydrogen) atoms. The van der Waals surface area contributed by atoms with E-state index in [2.05, 4.69) is 6.07 Å². The van der Waals surface area contributed by atoms with Crippen molar-refractivity contribution in [3.8, 4) is 6.07 Å². The van der Waals surface area contributed by atoms with Gasteiger partial charge >= 0.3 is 0 Å². The molecule has 3 aromatic carbocycles. The second-order valence-electron chi connectivity index (χ2n) is 6.53. The van der Waals surface area contributed by atoms with Gasteiger partial charge in [0.25, 0.3) is 0 Å². The lowest BCUT2D eigenvalue weighted by Gasteiger charge is -2.07. The number of carbonyl (C=O) groups excluding carboxylic acids is 1. The fourth-order valence-corrected chi connectivity index (χ4v) is 3.79. The van der Waals surface area contributed by atoms with Crippen molar-refractivity contribution in [2.24, 2.45) is 0 Å². The molecule has 3 heteroatoms. The van der Waals surface area contributed by atoms with Gasteiger partial charge in [-0.05, 0) is 28.3 Å². The largest absolute Gasteiger partial charge is 0.312 e. The summed E-state index contributed by atoms with van der Waals surface area (Å²) in [6.45, 7) is 0. The zero-order valence-corrected chi connectivity index (χ0v) is 14.4. The molecule has 0 atom stereocenters. The lowest BCUT2D eigenvalue weighted by Crippen LogP contribution is -2.05. The van der Waals surface area contributed by atoms with Crippen LogP contribution in [-0.2, 0) is 0 Å². The van der Waals surface area contributed by atoms with Gasteiger partial charge in [0, 0.05) is 17.1 Å². The Bertz CT molecular complexity index is 1400. The number of benzene rings is 3. The van der Waals surface area contributed by atoms with E-state index in [9.17, 15) is 10.1 Å². The molecule has 126 valence electrons. The minimum absolute atomic E-state index is 0.0846. The van der Waals surface area contributed by atoms with Crippen LogP contribution in [0.2, 0.25) is 0 Å². The van der Waals surface area contributed by atoms with Gasteiger partial charge in [0.1, 0.15) is 6.07 Å². The van der Waals surface area contributed by atoms with Crippen molar-refractivity contribution in [3.63, 3.8) is 0 Å². The Labute approximate surface area is 155 Å². The van der Waals surface area contributed by atoms with Crippen LogP contribution < -0.4 is 0 Å². The predicted molar refractivity (Wildman–Crippen MR) is 107 cm³/mol. The van der Waals surface area contributed by atoms with Crippen LogP contribution in [0, 0.1) is 11.3 Å². The fraction of sp³-hybridized carbons (Fsp3) is 0. The Morgan fingerprint density at radius 2 is 1.48 bits per heavy atom. The van der Waals surface area contributed by atoms with Gasteiger partial charge in [0.15, 0.2) is 0 Å². The van der Waals surface area contributed by atoms with Crippen LogP contribution >= 0.6 is 0 Å². The van der Waals surface area contributed by atoms with Crippen molar-refractivity contribution in [1.29, 1.82) is 5.26 Å². The van der Waals surface area contributed by atoms with Crippen LogP contribution in [-0.4, -0.2) is 10.2 Å². The average molecular weight is 346 g/mol. The van der Waals surface area contributed by atoms with Gasteiger partial charge in [0.05, 0.1) is 16.8 Å². The smallest absolute Gasteiger partial charge is 0.210 e. The Hall–Kier alpha value is -3.90. The number of aromatic nitrogens is 1. The maximum atomic E-state index is 13.4. The summed E-state index contributed by atoms with van der Waals surface area (Å²) in [4.78, 5) is 13.4. The third kappa shape index (κ3) is 2.24. The van der Waals surface area contributed by atoms with Gasteiger partial charge < -0.3 is 4.40 Å². The Kier molecular flexibility index (Phi) is 3.31. The molecule has 0 unspecified atom stereocenters. The van der Waals surface area contributed by atoms with Crippen molar-refractivity contribution in [2.75, 3.05) is 0 Å². The normalized spacial score (nSPS) is 11.1. The average Bonchev–Trinajstić information content (AvgIpc) is 3.12. The number of hydrogen-bond donors (Lipinski definition) is 0. The van der Waals surface area contributed by atoms with E-state index in [0.29, 0.717) is 16.8 Å². The molecule has 0 amide bonds. The third-order valence-electron chi connectivity index (χ3n) is 5.04. The number of nitrogens with zero attached hydrogens (tertiary/aromatic N) is 2. The number of pyridine rings is 1. The third-order valence-corrected chi connectivity index (χ3v) is 5.04. The first-order valence-corrected chi connectivity index (χ1v) is 8.73. The number of carbonyl (C=O) groups is 1. The second-order valence-corrected chi connectivity index (χ2v) is 6.53. The molecule has 0 fully saturated rings. The highest BCUT2D eigenvalue weighted by molar-refractivity contribution is 6.17. The standard InChI is InChI=1S/C24H14N2O/c25-15-18-14-22(26-13-12-17-7-2-4-10-20(17)23(18)26)24(27)21-11-5-8-16-6-1-3-9-19(16)21/h1-14H. The van der Waals surface area contributed by atoms with Gasteiger partial charge in [-0.15, -0.1) is 0 Å². The van der Waals surface area contributed by atoms with E-state index in [4.69, 9.17) is 0 Å². The fourth-order valence-electron chi connectivity index (χ4n) is 3.79. The van der Waals surface area contributed by atoms with E-state index in [-0.39, 0.29) is 5.78 Å². The highest BCUT2D eigenvalue weighted by atomic mass is 16.1. The molecule has 0 saturated heterocycles. The molecule has 5 aromatic rings. The maximum absolute atomic E-state index is 13.4. The predicted octanol–water partition coefficient (Wildman–Crippen LogP) is 5.35. The van der Waals surface area contributed by atoms with Crippen molar-refractivity contribution >= 4 is 32.8 Å². The van der Waals surface area contributed by atoms with Crippen molar-refractivity contribution in [2.45, 2.75) is 0 Å². The van der Waals surface area contributed by atoms with Crippen LogP contribution in [0.15, 0.2) is 85.1 Å². The zero-order chi connectivity index (χ0) is 18.4. The summed E-state index contributed by atoms with van der Waals surface area (Å²) in [6.07, 6.45) is 1.87. The van der Waals surface area contributed by atoms with Crippen LogP contribution in [0.25, 0.3) is 27.1 Å². The summed E-state index contributed by atoms with van der Waals surface area (Å²) in [5.41, 5.74) is 2.43. The molecule has 0 bridgehead atoms. The maximum Gasteiger partial charge on any atom is 0.210 e. The molecule has 0 aliphatic rings. The lowest BCUT2D eigenvalue weighted by atomic mass is 10.00. The number of nitriles is 1. The molecule has 2 aromatic heterocycles. The van der Waals surface area contributed by atoms with E-state index in [1.54, 1.807) is 6.07 Å². The Morgan fingerprint density at radius 3 is 2.26 bits per heavy atom. The molecule has 5 rings (SSSR count). The summed E-state index contributed by atoms with van der Waals surface area (Å²) >= 11 is 0. The van der Waals surface area contributed by atoms with Gasteiger partial charge in [-0.2, -0.15) is 5.26 Å². The van der Waals surface area contributed by atoms with Crippen molar-refractivity contribution in [1.82, 2.24) is 4.40 Å². The first-order chi connectivity index (χ1) is 13.3. The first kappa shape index (κ1) is 15.4. The second kappa shape index (κ2) is 5.82. The highest BCUT2D eigenvalue weighted by Gasteiger charge is 2.19. The molecule has 2 heterocycles. The molecule has 0 aliphatic carbocycles. The molecule has 0 N–H and O–H groups in total. The van der Waals surface area contributed by atoms with Crippen molar-refractivity contribution in [3.05, 3.63) is 102 Å². The molecule has 0 aliphatic heterocycles. The van der Waals surface area contributed by atoms with E-state index in [1.807, 2.05) is 83.4 Å². The number of ketones is 1. The molecular formula is C24H14N2O. The van der Waals surface area contributed by atoms with E-state index in [1.165, 1.54) is 0 Å².